The number of hydrogen-bond donors (Lipinski definition) is 2. The minimum atomic E-state index is 0.161. The largest absolute Gasteiger partial charge is 0.384 e. The van der Waals surface area contributed by atoms with Gasteiger partial charge in [0.15, 0.2) is 0 Å². The Hall–Kier alpha value is -0.960. The fraction of sp³-hybridized carbons (Fsp3) is 0.417. The molecule has 0 aliphatic heterocycles. The first-order valence-electron chi connectivity index (χ1n) is 5.32. The van der Waals surface area contributed by atoms with Gasteiger partial charge < -0.3 is 5.73 Å². The Kier molecular flexibility index (Phi) is 5.26. The van der Waals surface area contributed by atoms with Crippen LogP contribution < -0.4 is 5.73 Å². The Morgan fingerprint density at radius 1 is 1.33 bits per heavy atom. The standard InChI is InChI=1S/C12H18N2S/c1-2-3-6-9-15-11-8-5-4-7-10(11)12(13)14/h4-5,7-8H,2-3,6,9H2,1H3,(H3,13,14). The van der Waals surface area contributed by atoms with Gasteiger partial charge >= 0.3 is 0 Å². The number of unbranched alkanes of at least 4 members (excludes halogenated alkanes) is 2. The average molecular weight is 222 g/mol. The van der Waals surface area contributed by atoms with Gasteiger partial charge in [0, 0.05) is 10.5 Å². The lowest BCUT2D eigenvalue weighted by Crippen LogP contribution is -2.12. The maximum absolute atomic E-state index is 7.46. The van der Waals surface area contributed by atoms with E-state index in [1.165, 1.54) is 19.3 Å². The van der Waals surface area contributed by atoms with Crippen molar-refractivity contribution in [2.45, 2.75) is 31.1 Å². The number of nitrogens with one attached hydrogen (secondary N) is 1. The number of amidine groups is 1. The van der Waals surface area contributed by atoms with Gasteiger partial charge in [-0.05, 0) is 18.2 Å². The molecule has 3 N–H and O–H groups in total. The third kappa shape index (κ3) is 3.96. The Morgan fingerprint density at radius 2 is 2.07 bits per heavy atom. The third-order valence-corrected chi connectivity index (χ3v) is 3.34. The van der Waals surface area contributed by atoms with Gasteiger partial charge in [0.2, 0.25) is 0 Å². The highest BCUT2D eigenvalue weighted by Gasteiger charge is 2.03. The van der Waals surface area contributed by atoms with E-state index in [1.807, 2.05) is 24.3 Å². The molecule has 1 aromatic rings. The summed E-state index contributed by atoms with van der Waals surface area (Å²) in [5, 5.41) is 7.46. The van der Waals surface area contributed by atoms with Gasteiger partial charge in [-0.3, -0.25) is 5.41 Å². The molecule has 15 heavy (non-hydrogen) atoms. The SMILES string of the molecule is CCCCCSc1ccccc1C(=N)N. The molecule has 0 saturated carbocycles. The van der Waals surface area contributed by atoms with Crippen molar-refractivity contribution < 1.29 is 0 Å². The lowest BCUT2D eigenvalue weighted by molar-refractivity contribution is 0.778. The number of rotatable bonds is 6. The molecule has 0 saturated heterocycles. The lowest BCUT2D eigenvalue weighted by atomic mass is 10.2. The molecule has 0 spiro atoms. The van der Waals surface area contributed by atoms with Gasteiger partial charge in [0.1, 0.15) is 5.84 Å². The van der Waals surface area contributed by atoms with Gasteiger partial charge in [-0.2, -0.15) is 0 Å². The quantitative estimate of drug-likeness (QED) is 0.336. The first-order valence-corrected chi connectivity index (χ1v) is 6.30. The van der Waals surface area contributed by atoms with Crippen molar-refractivity contribution >= 4 is 17.6 Å². The van der Waals surface area contributed by atoms with Gasteiger partial charge in [-0.15, -0.1) is 11.8 Å². The first kappa shape index (κ1) is 12.1. The molecule has 0 aliphatic rings. The molecule has 0 unspecified atom stereocenters. The monoisotopic (exact) mass is 222 g/mol. The number of thioether (sulfide) groups is 1. The van der Waals surface area contributed by atoms with Gasteiger partial charge in [0.05, 0.1) is 0 Å². The molecule has 3 heteroatoms. The Bertz CT molecular complexity index is 323. The lowest BCUT2D eigenvalue weighted by Gasteiger charge is -2.06. The van der Waals surface area contributed by atoms with E-state index in [0.717, 1.165) is 16.2 Å². The number of benzene rings is 1. The Labute approximate surface area is 95.8 Å². The zero-order chi connectivity index (χ0) is 11.1. The van der Waals surface area contributed by atoms with Crippen LogP contribution in [0.1, 0.15) is 31.7 Å². The second-order valence-corrected chi connectivity index (χ2v) is 4.60. The van der Waals surface area contributed by atoms with Crippen molar-refractivity contribution in [3.8, 4) is 0 Å². The summed E-state index contributed by atoms with van der Waals surface area (Å²) in [6, 6.07) is 7.86. The van der Waals surface area contributed by atoms with Gasteiger partial charge in [0.25, 0.3) is 0 Å². The number of hydrogen-bond acceptors (Lipinski definition) is 2. The zero-order valence-corrected chi connectivity index (χ0v) is 9.94. The maximum Gasteiger partial charge on any atom is 0.123 e. The highest BCUT2D eigenvalue weighted by Crippen LogP contribution is 2.23. The summed E-state index contributed by atoms with van der Waals surface area (Å²) in [5.41, 5.74) is 6.38. The van der Waals surface area contributed by atoms with Crippen molar-refractivity contribution in [2.75, 3.05) is 5.75 Å². The summed E-state index contributed by atoms with van der Waals surface area (Å²) < 4.78 is 0. The smallest absolute Gasteiger partial charge is 0.123 e. The zero-order valence-electron chi connectivity index (χ0n) is 9.12. The molecule has 2 nitrogen and oxygen atoms in total. The van der Waals surface area contributed by atoms with Crippen molar-refractivity contribution in [1.29, 1.82) is 5.41 Å². The Morgan fingerprint density at radius 3 is 2.73 bits per heavy atom. The molecule has 0 fully saturated rings. The molecule has 0 heterocycles. The maximum atomic E-state index is 7.46. The number of nitrogens with two attached hydrogens (primary N) is 1. The van der Waals surface area contributed by atoms with Gasteiger partial charge in [-0.25, -0.2) is 0 Å². The fourth-order valence-electron chi connectivity index (χ4n) is 1.35. The highest BCUT2D eigenvalue weighted by atomic mass is 32.2. The van der Waals surface area contributed by atoms with Crippen LogP contribution in [0.15, 0.2) is 29.2 Å². The van der Waals surface area contributed by atoms with Crippen molar-refractivity contribution in [3.63, 3.8) is 0 Å². The van der Waals surface area contributed by atoms with E-state index in [1.54, 1.807) is 11.8 Å². The van der Waals surface area contributed by atoms with E-state index >= 15 is 0 Å². The molecule has 82 valence electrons. The van der Waals surface area contributed by atoms with Crippen molar-refractivity contribution in [2.24, 2.45) is 5.73 Å². The number of nitrogen functional groups attached to an aromatic ring is 1. The molecule has 0 bridgehead atoms. The summed E-state index contributed by atoms with van der Waals surface area (Å²) in [4.78, 5) is 1.13. The summed E-state index contributed by atoms with van der Waals surface area (Å²) in [7, 11) is 0. The molecular formula is C12H18N2S. The minimum Gasteiger partial charge on any atom is -0.384 e. The van der Waals surface area contributed by atoms with Crippen LogP contribution in [0.3, 0.4) is 0 Å². The minimum absolute atomic E-state index is 0.161. The summed E-state index contributed by atoms with van der Waals surface area (Å²) in [5.74, 6) is 1.27. The van der Waals surface area contributed by atoms with Crippen LogP contribution in [0, 0.1) is 5.41 Å². The van der Waals surface area contributed by atoms with E-state index in [4.69, 9.17) is 11.1 Å². The molecule has 0 aromatic heterocycles. The van der Waals surface area contributed by atoms with Crippen LogP contribution in [0.2, 0.25) is 0 Å². The second-order valence-electron chi connectivity index (χ2n) is 3.47. The van der Waals surface area contributed by atoms with Crippen LogP contribution in [-0.4, -0.2) is 11.6 Å². The summed E-state index contributed by atoms with van der Waals surface area (Å²) in [6.45, 7) is 2.20. The molecule has 0 amide bonds. The van der Waals surface area contributed by atoms with E-state index in [9.17, 15) is 0 Å². The van der Waals surface area contributed by atoms with Crippen LogP contribution in [0.5, 0.6) is 0 Å². The first-order chi connectivity index (χ1) is 7.25. The van der Waals surface area contributed by atoms with E-state index in [0.29, 0.717) is 0 Å². The topological polar surface area (TPSA) is 49.9 Å². The average Bonchev–Trinajstić information content (AvgIpc) is 2.25. The van der Waals surface area contributed by atoms with Crippen LogP contribution >= 0.6 is 11.8 Å². The van der Waals surface area contributed by atoms with Crippen molar-refractivity contribution in [3.05, 3.63) is 29.8 Å². The predicted octanol–water partition coefficient (Wildman–Crippen LogP) is 3.25. The predicted molar refractivity (Wildman–Crippen MR) is 67.7 cm³/mol. The van der Waals surface area contributed by atoms with Crippen molar-refractivity contribution in [1.82, 2.24) is 0 Å². The fourth-order valence-corrected chi connectivity index (χ4v) is 2.43. The molecule has 1 rings (SSSR count). The van der Waals surface area contributed by atoms with E-state index < -0.39 is 0 Å². The second kappa shape index (κ2) is 6.51. The summed E-state index contributed by atoms with van der Waals surface area (Å²) >= 11 is 1.79. The van der Waals surface area contributed by atoms with E-state index in [2.05, 4.69) is 6.92 Å². The summed E-state index contributed by atoms with van der Waals surface area (Å²) in [6.07, 6.45) is 3.75. The Balaban J connectivity index is 2.56. The normalized spacial score (nSPS) is 10.2. The molecular weight excluding hydrogens is 204 g/mol. The highest BCUT2D eigenvalue weighted by molar-refractivity contribution is 7.99. The molecule has 0 radical (unpaired) electrons. The van der Waals surface area contributed by atoms with Crippen LogP contribution in [0.4, 0.5) is 0 Å². The van der Waals surface area contributed by atoms with Gasteiger partial charge in [-0.1, -0.05) is 38.0 Å². The molecule has 1 aromatic carbocycles. The third-order valence-electron chi connectivity index (χ3n) is 2.18. The van der Waals surface area contributed by atoms with Crippen LogP contribution in [-0.2, 0) is 0 Å². The molecule has 0 aliphatic carbocycles. The van der Waals surface area contributed by atoms with Crippen LogP contribution in [0.25, 0.3) is 0 Å². The molecule has 0 atom stereocenters. The van der Waals surface area contributed by atoms with E-state index in [-0.39, 0.29) is 5.84 Å².